The number of esters is 1. The summed E-state index contributed by atoms with van der Waals surface area (Å²) in [6.07, 6.45) is 1.43. The van der Waals surface area contributed by atoms with E-state index in [1.54, 1.807) is 0 Å². The molecule has 6 nitrogen and oxygen atoms in total. The molecule has 6 heteroatoms. The van der Waals surface area contributed by atoms with E-state index in [0.717, 1.165) is 11.1 Å². The second-order valence-corrected chi connectivity index (χ2v) is 4.44. The van der Waals surface area contributed by atoms with Crippen LogP contribution in [0.3, 0.4) is 0 Å². The van der Waals surface area contributed by atoms with Crippen LogP contribution in [0.5, 0.6) is 0 Å². The lowest BCUT2D eigenvalue weighted by Crippen LogP contribution is -2.14. The van der Waals surface area contributed by atoms with E-state index in [9.17, 15) is 9.59 Å². The maximum Gasteiger partial charge on any atom is 0.328 e. The van der Waals surface area contributed by atoms with Gasteiger partial charge in [0.15, 0.2) is 5.78 Å². The van der Waals surface area contributed by atoms with Gasteiger partial charge in [-0.05, 0) is 18.1 Å². The summed E-state index contributed by atoms with van der Waals surface area (Å²) in [4.78, 5) is 22.7. The summed E-state index contributed by atoms with van der Waals surface area (Å²) < 4.78 is 6.46. The third kappa shape index (κ3) is 3.50. The summed E-state index contributed by atoms with van der Waals surface area (Å²) in [5, 5.41) is 7.35. The van der Waals surface area contributed by atoms with E-state index in [4.69, 9.17) is 4.74 Å². The molecular formula is C14H15N3O3. The molecule has 2 rings (SSSR count). The minimum absolute atomic E-state index is 0.0633. The fraction of sp³-hybridized carbons (Fsp3) is 0.286. The van der Waals surface area contributed by atoms with Crippen LogP contribution in [0, 0.1) is 6.92 Å². The number of benzene rings is 1. The average molecular weight is 273 g/mol. The van der Waals surface area contributed by atoms with E-state index in [1.807, 2.05) is 31.2 Å². The van der Waals surface area contributed by atoms with Gasteiger partial charge in [0.2, 0.25) is 0 Å². The third-order valence-electron chi connectivity index (χ3n) is 2.84. The monoisotopic (exact) mass is 273 g/mol. The molecule has 1 heterocycles. The summed E-state index contributed by atoms with van der Waals surface area (Å²) in [5.41, 5.74) is 2.26. The summed E-state index contributed by atoms with van der Waals surface area (Å²) in [5.74, 6) is -0.613. The van der Waals surface area contributed by atoms with Crippen LogP contribution in [-0.4, -0.2) is 26.7 Å². The highest BCUT2D eigenvalue weighted by Gasteiger charge is 2.10. The van der Waals surface area contributed by atoms with Gasteiger partial charge >= 0.3 is 5.97 Å². The first kappa shape index (κ1) is 13.9. The molecule has 0 N–H and O–H groups in total. The second-order valence-electron chi connectivity index (χ2n) is 4.44. The van der Waals surface area contributed by atoms with Crippen LogP contribution in [0.25, 0.3) is 0 Å². The van der Waals surface area contributed by atoms with Gasteiger partial charge in [-0.15, -0.1) is 5.10 Å². The van der Waals surface area contributed by atoms with E-state index >= 15 is 0 Å². The Labute approximate surface area is 116 Å². The summed E-state index contributed by atoms with van der Waals surface area (Å²) in [6, 6.07) is 7.69. The Hall–Kier alpha value is -2.50. The molecule has 0 radical (unpaired) electrons. The summed E-state index contributed by atoms with van der Waals surface area (Å²) >= 11 is 0. The van der Waals surface area contributed by atoms with Crippen LogP contribution in [0.1, 0.15) is 28.5 Å². The van der Waals surface area contributed by atoms with Gasteiger partial charge in [-0.2, -0.15) is 0 Å². The zero-order valence-corrected chi connectivity index (χ0v) is 11.4. The number of carbonyl (C=O) groups excluding carboxylic acids is 2. The van der Waals surface area contributed by atoms with Crippen molar-refractivity contribution in [3.63, 3.8) is 0 Å². The van der Waals surface area contributed by atoms with Crippen molar-refractivity contribution in [3.8, 4) is 0 Å². The maximum absolute atomic E-state index is 11.7. The Kier molecular flexibility index (Phi) is 4.24. The predicted molar refractivity (Wildman–Crippen MR) is 71.0 cm³/mol. The minimum Gasteiger partial charge on any atom is -0.459 e. The number of hydrogen-bond acceptors (Lipinski definition) is 5. The van der Waals surface area contributed by atoms with Crippen molar-refractivity contribution in [2.75, 3.05) is 0 Å². The fourth-order valence-electron chi connectivity index (χ4n) is 1.65. The van der Waals surface area contributed by atoms with Crippen LogP contribution >= 0.6 is 0 Å². The molecule has 0 amide bonds. The topological polar surface area (TPSA) is 74.1 Å². The van der Waals surface area contributed by atoms with Gasteiger partial charge in [0, 0.05) is 6.92 Å². The second kappa shape index (κ2) is 6.10. The zero-order valence-electron chi connectivity index (χ0n) is 11.4. The number of Topliss-reactive ketones (excluding diaryl/α,β-unsaturated/α-hetero) is 1. The van der Waals surface area contributed by atoms with Gasteiger partial charge in [-0.3, -0.25) is 9.59 Å². The van der Waals surface area contributed by atoms with E-state index in [2.05, 4.69) is 10.3 Å². The lowest BCUT2D eigenvalue weighted by molar-refractivity contribution is -0.145. The van der Waals surface area contributed by atoms with Crippen molar-refractivity contribution in [3.05, 3.63) is 47.3 Å². The maximum atomic E-state index is 11.7. The fourth-order valence-corrected chi connectivity index (χ4v) is 1.65. The van der Waals surface area contributed by atoms with Crippen molar-refractivity contribution >= 4 is 11.8 Å². The molecule has 0 atom stereocenters. The highest BCUT2D eigenvalue weighted by atomic mass is 16.5. The number of aryl methyl sites for hydroxylation is 1. The van der Waals surface area contributed by atoms with Crippen molar-refractivity contribution < 1.29 is 14.3 Å². The van der Waals surface area contributed by atoms with Crippen LogP contribution in [0.2, 0.25) is 0 Å². The largest absolute Gasteiger partial charge is 0.459 e. The number of aromatic nitrogens is 3. The molecule has 0 bridgehead atoms. The number of ketones is 1. The van der Waals surface area contributed by atoms with Gasteiger partial charge in [-0.25, -0.2) is 4.68 Å². The number of hydrogen-bond donors (Lipinski definition) is 0. The number of ether oxygens (including phenoxy) is 1. The van der Waals surface area contributed by atoms with Crippen molar-refractivity contribution in [1.29, 1.82) is 0 Å². The Morgan fingerprint density at radius 3 is 2.70 bits per heavy atom. The highest BCUT2D eigenvalue weighted by molar-refractivity contribution is 5.91. The van der Waals surface area contributed by atoms with Gasteiger partial charge in [-0.1, -0.05) is 29.5 Å². The van der Waals surface area contributed by atoms with Crippen molar-refractivity contribution in [2.24, 2.45) is 0 Å². The molecule has 0 aliphatic rings. The van der Waals surface area contributed by atoms with Crippen LogP contribution < -0.4 is 0 Å². The van der Waals surface area contributed by atoms with Gasteiger partial charge in [0.05, 0.1) is 6.20 Å². The molecule has 20 heavy (non-hydrogen) atoms. The summed E-state index contributed by atoms with van der Waals surface area (Å²) in [7, 11) is 0. The average Bonchev–Trinajstić information content (AvgIpc) is 2.86. The molecule has 2 aromatic rings. The lowest BCUT2D eigenvalue weighted by atomic mass is 10.1. The number of nitrogens with zero attached hydrogens (tertiary/aromatic N) is 3. The highest BCUT2D eigenvalue weighted by Crippen LogP contribution is 2.08. The molecule has 0 saturated carbocycles. The number of carbonyl (C=O) groups is 2. The molecule has 1 aromatic carbocycles. The van der Waals surface area contributed by atoms with E-state index in [0.29, 0.717) is 0 Å². The molecule has 0 aliphatic carbocycles. The molecule has 0 aliphatic heterocycles. The summed E-state index contributed by atoms with van der Waals surface area (Å²) in [6.45, 7) is 3.51. The molecule has 0 fully saturated rings. The molecule has 1 aromatic heterocycles. The van der Waals surface area contributed by atoms with Crippen molar-refractivity contribution in [2.45, 2.75) is 27.0 Å². The first-order valence-electron chi connectivity index (χ1n) is 6.17. The van der Waals surface area contributed by atoms with E-state index in [-0.39, 0.29) is 24.6 Å². The molecule has 0 spiro atoms. The Morgan fingerprint density at radius 2 is 2.05 bits per heavy atom. The van der Waals surface area contributed by atoms with E-state index in [1.165, 1.54) is 17.8 Å². The Bertz CT molecular complexity index is 634. The molecular weight excluding hydrogens is 258 g/mol. The van der Waals surface area contributed by atoms with Gasteiger partial charge in [0.25, 0.3) is 0 Å². The zero-order chi connectivity index (χ0) is 14.5. The smallest absolute Gasteiger partial charge is 0.328 e. The third-order valence-corrected chi connectivity index (χ3v) is 2.84. The lowest BCUT2D eigenvalue weighted by Gasteiger charge is -2.07. The first-order chi connectivity index (χ1) is 9.56. The van der Waals surface area contributed by atoms with Crippen LogP contribution in [0.15, 0.2) is 30.5 Å². The molecule has 104 valence electrons. The quantitative estimate of drug-likeness (QED) is 0.610. The standard InChI is InChI=1S/C14H15N3O3/c1-10-5-3-4-6-12(10)9-20-14(19)8-17-7-13(11(2)18)15-16-17/h3-7H,8-9H2,1-2H3. The van der Waals surface area contributed by atoms with E-state index < -0.39 is 5.97 Å². The first-order valence-corrected chi connectivity index (χ1v) is 6.17. The normalized spacial score (nSPS) is 10.3. The minimum atomic E-state index is -0.423. The van der Waals surface area contributed by atoms with Crippen LogP contribution in [0.4, 0.5) is 0 Å². The predicted octanol–water partition coefficient (Wildman–Crippen LogP) is 1.53. The number of rotatable bonds is 5. The van der Waals surface area contributed by atoms with Gasteiger partial charge < -0.3 is 4.74 Å². The SMILES string of the molecule is CC(=O)c1cn(CC(=O)OCc2ccccc2C)nn1. The Balaban J connectivity index is 1.89. The van der Waals surface area contributed by atoms with Crippen LogP contribution in [-0.2, 0) is 22.7 Å². The van der Waals surface area contributed by atoms with Crippen molar-refractivity contribution in [1.82, 2.24) is 15.0 Å². The Morgan fingerprint density at radius 1 is 1.30 bits per heavy atom. The molecule has 0 unspecified atom stereocenters. The molecule has 0 saturated heterocycles. The van der Waals surface area contributed by atoms with Gasteiger partial charge in [0.1, 0.15) is 18.8 Å².